The molecule has 0 aromatic rings. The van der Waals surface area contributed by atoms with E-state index in [1.165, 1.54) is 57.8 Å². The third kappa shape index (κ3) is 27.5. The second-order valence-corrected chi connectivity index (χ2v) is 12.5. The molecule has 3 unspecified atom stereocenters. The predicted octanol–water partition coefficient (Wildman–Crippen LogP) is 6.60. The molecule has 0 radical (unpaired) electrons. The van der Waals surface area contributed by atoms with E-state index in [1.807, 2.05) is 6.92 Å². The van der Waals surface area contributed by atoms with Gasteiger partial charge in [-0.15, -0.1) is 0 Å². The summed E-state index contributed by atoms with van der Waals surface area (Å²) in [5.41, 5.74) is 0. The lowest BCUT2D eigenvalue weighted by Crippen LogP contribution is -2.43. The number of phosphoric acid groups is 1. The van der Waals surface area contributed by atoms with Gasteiger partial charge >= 0.3 is 19.8 Å². The van der Waals surface area contributed by atoms with Gasteiger partial charge in [-0.2, -0.15) is 0 Å². The van der Waals surface area contributed by atoms with Gasteiger partial charge in [-0.25, -0.2) is 9.36 Å². The van der Waals surface area contributed by atoms with Crippen LogP contribution in [0.1, 0.15) is 136 Å². The number of unbranched alkanes of at least 4 members (excludes halogenated alkanes) is 14. The van der Waals surface area contributed by atoms with E-state index in [4.69, 9.17) is 9.26 Å². The molecular weight excluding hydrogens is 577 g/mol. The van der Waals surface area contributed by atoms with Gasteiger partial charge in [0.15, 0.2) is 6.04 Å². The molecule has 12 heteroatoms. The van der Waals surface area contributed by atoms with Gasteiger partial charge in [0.05, 0.1) is 13.2 Å². The first-order valence-corrected chi connectivity index (χ1v) is 17.7. The number of rotatable bonds is 30. The van der Waals surface area contributed by atoms with Gasteiger partial charge in [0.1, 0.15) is 12.7 Å². The third-order valence-corrected chi connectivity index (χ3v) is 7.76. The lowest BCUT2D eigenvalue weighted by Gasteiger charge is -2.18. The van der Waals surface area contributed by atoms with Crippen molar-refractivity contribution < 1.29 is 47.8 Å². The Labute approximate surface area is 258 Å². The highest BCUT2D eigenvalue weighted by Gasteiger charge is 2.28. The molecule has 0 saturated heterocycles. The van der Waals surface area contributed by atoms with Crippen LogP contribution in [0, 0.1) is 0 Å². The molecule has 0 aromatic carbocycles. The van der Waals surface area contributed by atoms with Crippen LogP contribution in [0.5, 0.6) is 0 Å². The summed E-state index contributed by atoms with van der Waals surface area (Å²) < 4.78 is 26.2. The van der Waals surface area contributed by atoms with Crippen LogP contribution in [0.15, 0.2) is 12.2 Å². The van der Waals surface area contributed by atoms with Gasteiger partial charge in [-0.05, 0) is 38.5 Å². The summed E-state index contributed by atoms with van der Waals surface area (Å²) in [6.45, 7) is 2.26. The summed E-state index contributed by atoms with van der Waals surface area (Å²) in [5, 5.41) is 21.4. The standard InChI is InChI=1S/C31H58NO10P/c1-3-5-7-8-9-10-11-12-13-14-15-16-17-18-19-20-21-22-29(34)32-28(31(36)37)26-42-43(38,39)41-25-27(33)24-40-30(35)23-6-4-2/h12-13,27-28,33H,3-11,14-26H2,1-2H3,(H,32,34)(H,36,37)(H,38,39)/b13-12-. The third-order valence-electron chi connectivity index (χ3n) is 6.80. The number of aliphatic carboxylic acids is 1. The van der Waals surface area contributed by atoms with Gasteiger partial charge in [-0.3, -0.25) is 18.6 Å². The molecule has 0 spiro atoms. The van der Waals surface area contributed by atoms with E-state index in [9.17, 15) is 34.1 Å². The molecule has 252 valence electrons. The maximum atomic E-state index is 12.2. The highest BCUT2D eigenvalue weighted by molar-refractivity contribution is 7.47. The lowest BCUT2D eigenvalue weighted by atomic mass is 10.1. The molecule has 0 heterocycles. The number of hydrogen-bond donors (Lipinski definition) is 4. The highest BCUT2D eigenvalue weighted by atomic mass is 31.2. The zero-order valence-electron chi connectivity index (χ0n) is 26.5. The summed E-state index contributed by atoms with van der Waals surface area (Å²) in [4.78, 5) is 44.9. The van der Waals surface area contributed by atoms with Gasteiger partial charge < -0.3 is 25.2 Å². The van der Waals surface area contributed by atoms with E-state index >= 15 is 0 Å². The Bertz CT molecular complexity index is 807. The van der Waals surface area contributed by atoms with Gasteiger partial charge in [0.25, 0.3) is 0 Å². The number of carbonyl (C=O) groups excluding carboxylic acids is 2. The first kappa shape index (κ1) is 41.2. The number of aliphatic hydroxyl groups is 1. The molecule has 0 rings (SSSR count). The number of phosphoric ester groups is 1. The molecule has 0 aliphatic rings. The second kappa shape index (κ2) is 27.7. The van der Waals surface area contributed by atoms with E-state index in [-0.39, 0.29) is 12.8 Å². The van der Waals surface area contributed by atoms with Crippen LogP contribution in [-0.4, -0.2) is 64.9 Å². The number of carbonyl (C=O) groups is 3. The van der Waals surface area contributed by atoms with Crippen LogP contribution in [0.3, 0.4) is 0 Å². The Kier molecular flexibility index (Phi) is 26.6. The number of allylic oxidation sites excluding steroid dienone is 2. The number of aliphatic hydroxyl groups excluding tert-OH is 1. The number of carboxylic acid groups (broad SMARTS) is 1. The van der Waals surface area contributed by atoms with Crippen LogP contribution in [0.25, 0.3) is 0 Å². The molecule has 0 aliphatic carbocycles. The average molecular weight is 636 g/mol. The molecule has 0 bridgehead atoms. The normalized spacial score (nSPS) is 14.3. The quantitative estimate of drug-likeness (QED) is 0.0292. The fourth-order valence-corrected chi connectivity index (χ4v) is 4.94. The summed E-state index contributed by atoms with van der Waals surface area (Å²) in [7, 11) is -4.72. The van der Waals surface area contributed by atoms with Crippen LogP contribution in [0.4, 0.5) is 0 Å². The number of ether oxygens (including phenoxy) is 1. The van der Waals surface area contributed by atoms with Crippen molar-refractivity contribution >= 4 is 25.7 Å². The SMILES string of the molecule is CCCCCCCC/C=C\CCCCCCCCCC(=O)NC(COP(=O)(O)OCC(O)COC(=O)CCCC)C(=O)O. The summed E-state index contributed by atoms with van der Waals surface area (Å²) in [6.07, 6.45) is 22.4. The number of hydrogen-bond acceptors (Lipinski definition) is 8. The number of nitrogens with one attached hydrogen (secondary N) is 1. The van der Waals surface area contributed by atoms with Crippen LogP contribution in [0.2, 0.25) is 0 Å². The van der Waals surface area contributed by atoms with E-state index in [1.54, 1.807) is 0 Å². The zero-order chi connectivity index (χ0) is 32.2. The van der Waals surface area contributed by atoms with E-state index in [0.717, 1.165) is 38.5 Å². The largest absolute Gasteiger partial charge is 0.480 e. The summed E-state index contributed by atoms with van der Waals surface area (Å²) >= 11 is 0. The van der Waals surface area contributed by atoms with E-state index < -0.39 is 57.6 Å². The minimum atomic E-state index is -4.72. The molecule has 43 heavy (non-hydrogen) atoms. The first-order chi connectivity index (χ1) is 20.6. The minimum Gasteiger partial charge on any atom is -0.480 e. The van der Waals surface area contributed by atoms with E-state index in [0.29, 0.717) is 12.8 Å². The summed E-state index contributed by atoms with van der Waals surface area (Å²) in [6, 6.07) is -1.54. The Morgan fingerprint density at radius 1 is 0.721 bits per heavy atom. The predicted molar refractivity (Wildman–Crippen MR) is 166 cm³/mol. The van der Waals surface area contributed by atoms with E-state index in [2.05, 4.69) is 28.9 Å². The molecule has 4 N–H and O–H groups in total. The van der Waals surface area contributed by atoms with Crippen LogP contribution < -0.4 is 5.32 Å². The topological polar surface area (TPSA) is 169 Å². The number of carboxylic acids is 1. The fraction of sp³-hybridized carbons (Fsp3) is 0.839. The molecule has 3 atom stereocenters. The molecular formula is C31H58NO10P. The molecule has 0 saturated carbocycles. The maximum Gasteiger partial charge on any atom is 0.472 e. The molecule has 0 fully saturated rings. The average Bonchev–Trinajstić information content (AvgIpc) is 2.97. The Hall–Kier alpha value is -1.78. The zero-order valence-corrected chi connectivity index (χ0v) is 27.4. The smallest absolute Gasteiger partial charge is 0.472 e. The van der Waals surface area contributed by atoms with Crippen molar-refractivity contribution in [3.8, 4) is 0 Å². The van der Waals surface area contributed by atoms with Crippen molar-refractivity contribution in [2.75, 3.05) is 19.8 Å². The minimum absolute atomic E-state index is 0.142. The van der Waals surface area contributed by atoms with Crippen LogP contribution in [-0.2, 0) is 32.7 Å². The van der Waals surface area contributed by atoms with Crippen molar-refractivity contribution in [1.82, 2.24) is 5.32 Å². The Morgan fingerprint density at radius 2 is 1.23 bits per heavy atom. The fourth-order valence-electron chi connectivity index (χ4n) is 4.17. The highest BCUT2D eigenvalue weighted by Crippen LogP contribution is 2.43. The molecule has 0 aromatic heterocycles. The van der Waals surface area contributed by atoms with Crippen molar-refractivity contribution in [2.24, 2.45) is 0 Å². The molecule has 11 nitrogen and oxygen atoms in total. The first-order valence-electron chi connectivity index (χ1n) is 16.2. The maximum absolute atomic E-state index is 12.2. The van der Waals surface area contributed by atoms with Crippen LogP contribution >= 0.6 is 7.82 Å². The second-order valence-electron chi connectivity index (χ2n) is 11.0. The van der Waals surface area contributed by atoms with Crippen molar-refractivity contribution in [2.45, 2.75) is 148 Å². The van der Waals surface area contributed by atoms with Gasteiger partial charge in [0, 0.05) is 12.8 Å². The number of esters is 1. The molecule has 1 amide bonds. The van der Waals surface area contributed by atoms with Crippen molar-refractivity contribution in [3.05, 3.63) is 12.2 Å². The number of amides is 1. The van der Waals surface area contributed by atoms with Crippen molar-refractivity contribution in [3.63, 3.8) is 0 Å². The Morgan fingerprint density at radius 3 is 1.79 bits per heavy atom. The summed E-state index contributed by atoms with van der Waals surface area (Å²) in [5.74, 6) is -2.42. The van der Waals surface area contributed by atoms with Crippen molar-refractivity contribution in [1.29, 1.82) is 0 Å². The monoisotopic (exact) mass is 635 g/mol. The Balaban J connectivity index is 3.94. The lowest BCUT2D eigenvalue weighted by molar-refractivity contribution is -0.147. The van der Waals surface area contributed by atoms with Gasteiger partial charge in [0.2, 0.25) is 5.91 Å². The van der Waals surface area contributed by atoms with Gasteiger partial charge in [-0.1, -0.05) is 96.6 Å². The molecule has 0 aliphatic heterocycles.